The highest BCUT2D eigenvalue weighted by Gasteiger charge is 2.16. The molecule has 0 saturated heterocycles. The van der Waals surface area contributed by atoms with E-state index in [9.17, 15) is 9.90 Å². The number of aromatic hydroxyl groups is 1. The molecule has 0 bridgehead atoms. The van der Waals surface area contributed by atoms with E-state index in [4.69, 9.17) is 20.9 Å². The van der Waals surface area contributed by atoms with Gasteiger partial charge in [0.05, 0.1) is 12.0 Å². The van der Waals surface area contributed by atoms with E-state index >= 15 is 0 Å². The highest BCUT2D eigenvalue weighted by molar-refractivity contribution is 5.78. The van der Waals surface area contributed by atoms with Crippen LogP contribution in [0.2, 0.25) is 0 Å². The molecule has 134 valence electrons. The van der Waals surface area contributed by atoms with Crippen LogP contribution in [0.3, 0.4) is 0 Å². The molecule has 0 aliphatic carbocycles. The van der Waals surface area contributed by atoms with E-state index in [0.29, 0.717) is 18.6 Å². The van der Waals surface area contributed by atoms with Crippen molar-refractivity contribution in [2.75, 3.05) is 6.61 Å². The van der Waals surface area contributed by atoms with Crippen LogP contribution in [0, 0.1) is 0 Å². The minimum atomic E-state index is -0.822. The average molecular weight is 348 g/mol. The van der Waals surface area contributed by atoms with E-state index in [1.165, 1.54) is 12.1 Å². The molecule has 0 aliphatic rings. The first-order chi connectivity index (χ1) is 11.9. The van der Waals surface area contributed by atoms with Crippen LogP contribution in [0.4, 0.5) is 0 Å². The highest BCUT2D eigenvalue weighted by Crippen LogP contribution is 2.15. The molecule has 0 heterocycles. The first kappa shape index (κ1) is 18.8. The van der Waals surface area contributed by atoms with Crippen LogP contribution < -0.4 is 10.5 Å². The molecule has 8 nitrogen and oxygen atoms in total. The van der Waals surface area contributed by atoms with Crippen LogP contribution in [0.5, 0.6) is 11.5 Å². The Balaban J connectivity index is 1.83. The molecule has 0 spiro atoms. The molecule has 0 aromatic heterocycles. The minimum absolute atomic E-state index is 0.0869. The lowest BCUT2D eigenvalue weighted by Crippen LogP contribution is -2.36. The van der Waals surface area contributed by atoms with Gasteiger partial charge >= 0.3 is 5.97 Å². The number of hydrogen-bond acceptors (Lipinski definition) is 8. The monoisotopic (exact) mass is 348 g/mol. The van der Waals surface area contributed by atoms with Gasteiger partial charge in [-0.1, -0.05) is 24.3 Å². The number of nitrogens with zero attached hydrogens (tertiary/aromatic N) is 1. The maximum Gasteiger partial charge on any atom is 0.328 e. The summed E-state index contributed by atoms with van der Waals surface area (Å²) in [7, 11) is 0. The SMILES string of the molecule is NC(Cc1ccc(O)cc1)C(=O)Oc1ccc(CCON(O)O)cc1. The second kappa shape index (κ2) is 9.11. The summed E-state index contributed by atoms with van der Waals surface area (Å²) < 4.78 is 5.24. The lowest BCUT2D eigenvalue weighted by Gasteiger charge is -2.12. The largest absolute Gasteiger partial charge is 0.508 e. The number of benzene rings is 2. The Hall–Kier alpha value is -2.49. The molecule has 0 radical (unpaired) electrons. The fraction of sp³-hybridized carbons (Fsp3) is 0.235. The highest BCUT2D eigenvalue weighted by atomic mass is 17.1. The lowest BCUT2D eigenvalue weighted by molar-refractivity contribution is -0.492. The minimum Gasteiger partial charge on any atom is -0.508 e. The Labute approximate surface area is 144 Å². The Kier molecular flexibility index (Phi) is 6.87. The number of nitrogens with two attached hydrogens (primary N) is 1. The third kappa shape index (κ3) is 6.49. The van der Waals surface area contributed by atoms with Gasteiger partial charge in [-0.2, -0.15) is 0 Å². The van der Waals surface area contributed by atoms with Crippen molar-refractivity contribution in [3.63, 3.8) is 0 Å². The van der Waals surface area contributed by atoms with Crippen molar-refractivity contribution < 1.29 is 29.9 Å². The first-order valence-electron chi connectivity index (χ1n) is 7.59. The zero-order valence-electron chi connectivity index (χ0n) is 13.4. The number of carbonyl (C=O) groups excluding carboxylic acids is 1. The third-order valence-corrected chi connectivity index (χ3v) is 3.43. The Bertz CT molecular complexity index is 673. The van der Waals surface area contributed by atoms with Crippen LogP contribution in [-0.2, 0) is 22.5 Å². The van der Waals surface area contributed by atoms with Crippen LogP contribution in [0.15, 0.2) is 48.5 Å². The van der Waals surface area contributed by atoms with Crippen molar-refractivity contribution in [3.05, 3.63) is 59.7 Å². The quantitative estimate of drug-likeness (QED) is 0.321. The van der Waals surface area contributed by atoms with Crippen molar-refractivity contribution in [2.24, 2.45) is 5.73 Å². The van der Waals surface area contributed by atoms with Crippen LogP contribution in [0.25, 0.3) is 0 Å². The molecular weight excluding hydrogens is 328 g/mol. The third-order valence-electron chi connectivity index (χ3n) is 3.43. The molecule has 0 fully saturated rings. The van der Waals surface area contributed by atoms with E-state index in [2.05, 4.69) is 4.84 Å². The molecule has 2 aromatic carbocycles. The van der Waals surface area contributed by atoms with Crippen molar-refractivity contribution in [3.8, 4) is 11.5 Å². The molecule has 0 aliphatic heterocycles. The number of ether oxygens (including phenoxy) is 1. The van der Waals surface area contributed by atoms with Crippen LogP contribution in [0.1, 0.15) is 11.1 Å². The normalized spacial score (nSPS) is 12.2. The van der Waals surface area contributed by atoms with Gasteiger partial charge < -0.3 is 15.6 Å². The molecular formula is C17H20N2O6. The number of phenolic OH excluding ortho intramolecular Hbond substituents is 1. The number of hydrogen-bond donors (Lipinski definition) is 4. The van der Waals surface area contributed by atoms with Gasteiger partial charge in [-0.3, -0.25) is 15.3 Å². The van der Waals surface area contributed by atoms with Gasteiger partial charge in [-0.15, -0.1) is 0 Å². The summed E-state index contributed by atoms with van der Waals surface area (Å²) in [5.41, 5.74) is 7.54. The molecule has 5 N–H and O–H groups in total. The average Bonchev–Trinajstić information content (AvgIpc) is 2.58. The first-order valence-corrected chi connectivity index (χ1v) is 7.59. The van der Waals surface area contributed by atoms with Crippen molar-refractivity contribution in [1.29, 1.82) is 0 Å². The van der Waals surface area contributed by atoms with Crippen LogP contribution >= 0.6 is 0 Å². The topological polar surface area (TPSA) is 125 Å². The summed E-state index contributed by atoms with van der Waals surface area (Å²) in [5, 5.41) is 25.8. The predicted octanol–water partition coefficient (Wildman–Crippen LogP) is 1.42. The molecule has 2 aromatic rings. The fourth-order valence-corrected chi connectivity index (χ4v) is 2.13. The number of carbonyl (C=O) groups is 1. The summed E-state index contributed by atoms with van der Waals surface area (Å²) in [4.78, 5) is 16.5. The zero-order chi connectivity index (χ0) is 18.2. The van der Waals surface area contributed by atoms with Gasteiger partial charge in [-0.05, 0) is 48.2 Å². The molecule has 0 saturated carbocycles. The zero-order valence-corrected chi connectivity index (χ0v) is 13.4. The van der Waals surface area contributed by atoms with Crippen molar-refractivity contribution >= 4 is 5.97 Å². The van der Waals surface area contributed by atoms with Gasteiger partial charge in [0.25, 0.3) is 0 Å². The fourth-order valence-electron chi connectivity index (χ4n) is 2.13. The maximum atomic E-state index is 12.0. The van der Waals surface area contributed by atoms with E-state index < -0.39 is 12.0 Å². The Morgan fingerprint density at radius 2 is 1.64 bits per heavy atom. The Morgan fingerprint density at radius 3 is 2.24 bits per heavy atom. The smallest absolute Gasteiger partial charge is 0.328 e. The standard InChI is InChI=1S/C17H20N2O6/c18-16(11-13-1-5-14(20)6-2-13)17(21)25-15-7-3-12(4-8-15)9-10-24-19(22)23/h1-8,16,20,22-23H,9-11,18H2. The second-order valence-electron chi connectivity index (χ2n) is 5.38. The van der Waals surface area contributed by atoms with Crippen molar-refractivity contribution in [1.82, 2.24) is 5.39 Å². The van der Waals surface area contributed by atoms with Gasteiger partial charge in [0, 0.05) is 0 Å². The van der Waals surface area contributed by atoms with Gasteiger partial charge in [0.2, 0.25) is 0 Å². The van der Waals surface area contributed by atoms with E-state index in [-0.39, 0.29) is 17.7 Å². The molecule has 2 rings (SSSR count). The van der Waals surface area contributed by atoms with Gasteiger partial charge in [0.15, 0.2) is 0 Å². The summed E-state index contributed by atoms with van der Waals surface area (Å²) in [6, 6.07) is 12.3. The molecule has 8 heteroatoms. The summed E-state index contributed by atoms with van der Waals surface area (Å²) in [6.07, 6.45) is 0.750. The molecule has 0 amide bonds. The molecule has 1 unspecified atom stereocenters. The molecule has 25 heavy (non-hydrogen) atoms. The summed E-state index contributed by atoms with van der Waals surface area (Å²) in [6.45, 7) is 0.0869. The van der Waals surface area contributed by atoms with Gasteiger partial charge in [0.1, 0.15) is 17.5 Å². The molecule has 1 atom stereocenters. The summed E-state index contributed by atoms with van der Waals surface area (Å²) >= 11 is 0. The van der Waals surface area contributed by atoms with E-state index in [0.717, 1.165) is 11.1 Å². The predicted molar refractivity (Wildman–Crippen MR) is 86.9 cm³/mol. The van der Waals surface area contributed by atoms with E-state index in [1.807, 2.05) is 0 Å². The van der Waals surface area contributed by atoms with Crippen LogP contribution in [-0.4, -0.2) is 39.5 Å². The number of rotatable bonds is 8. The maximum absolute atomic E-state index is 12.0. The number of phenols is 1. The Morgan fingerprint density at radius 1 is 1.04 bits per heavy atom. The lowest BCUT2D eigenvalue weighted by atomic mass is 10.1. The van der Waals surface area contributed by atoms with Crippen molar-refractivity contribution in [2.45, 2.75) is 18.9 Å². The number of esters is 1. The summed E-state index contributed by atoms with van der Waals surface area (Å²) in [5.74, 6) is -0.0433. The second-order valence-corrected chi connectivity index (χ2v) is 5.38. The van der Waals surface area contributed by atoms with Gasteiger partial charge in [-0.25, -0.2) is 4.79 Å². The van der Waals surface area contributed by atoms with E-state index in [1.54, 1.807) is 36.4 Å².